The maximum absolute atomic E-state index is 4.52. The summed E-state index contributed by atoms with van der Waals surface area (Å²) in [6, 6.07) is 0. The highest BCUT2D eigenvalue weighted by Gasteiger charge is 2.08. The van der Waals surface area contributed by atoms with Crippen molar-refractivity contribution in [2.24, 2.45) is 13.0 Å². The number of rotatable bonds is 6. The van der Waals surface area contributed by atoms with E-state index in [4.69, 9.17) is 0 Å². The Bertz CT molecular complexity index is 311. The van der Waals surface area contributed by atoms with E-state index in [9.17, 15) is 0 Å². The summed E-state index contributed by atoms with van der Waals surface area (Å²) >= 11 is 0. The summed E-state index contributed by atoms with van der Waals surface area (Å²) < 4.78 is 2.26. The summed E-state index contributed by atoms with van der Waals surface area (Å²) in [6.45, 7) is 9.02. The van der Waals surface area contributed by atoms with Gasteiger partial charge in [-0.2, -0.15) is 0 Å². The SMILES string of the molecule is CC(C)CCCCc1ncc(C(C)C)n1C. The van der Waals surface area contributed by atoms with Crippen molar-refractivity contribution in [3.63, 3.8) is 0 Å². The molecule has 2 heteroatoms. The summed E-state index contributed by atoms with van der Waals surface area (Å²) in [5.74, 6) is 2.64. The molecule has 16 heavy (non-hydrogen) atoms. The molecule has 0 saturated carbocycles. The third kappa shape index (κ3) is 3.66. The highest BCUT2D eigenvalue weighted by atomic mass is 15.1. The molecule has 0 N–H and O–H groups in total. The number of unbranched alkanes of at least 4 members (excludes halogenated alkanes) is 1. The van der Waals surface area contributed by atoms with Crippen molar-refractivity contribution in [2.45, 2.75) is 59.3 Å². The molecular formula is C14H26N2. The predicted octanol–water partition coefficient (Wildman–Crippen LogP) is 3.91. The van der Waals surface area contributed by atoms with Gasteiger partial charge in [-0.3, -0.25) is 0 Å². The van der Waals surface area contributed by atoms with Crippen molar-refractivity contribution in [3.05, 3.63) is 17.7 Å². The Kier molecular flexibility index (Phi) is 5.04. The quantitative estimate of drug-likeness (QED) is 0.667. The molecule has 1 rings (SSSR count). The number of imidazole rings is 1. The van der Waals surface area contributed by atoms with Gasteiger partial charge in [0, 0.05) is 25.4 Å². The van der Waals surface area contributed by atoms with Gasteiger partial charge in [-0.15, -0.1) is 0 Å². The second-order valence-electron chi connectivity index (χ2n) is 5.45. The molecule has 2 nitrogen and oxygen atoms in total. The van der Waals surface area contributed by atoms with Gasteiger partial charge in [0.2, 0.25) is 0 Å². The van der Waals surface area contributed by atoms with Crippen LogP contribution in [0.5, 0.6) is 0 Å². The van der Waals surface area contributed by atoms with Crippen LogP contribution < -0.4 is 0 Å². The van der Waals surface area contributed by atoms with Gasteiger partial charge in [-0.1, -0.05) is 40.5 Å². The standard InChI is InChI=1S/C14H26N2/c1-11(2)8-6-7-9-14-15-10-13(12(3)4)16(14)5/h10-12H,6-9H2,1-5H3. The van der Waals surface area contributed by atoms with E-state index in [0.29, 0.717) is 5.92 Å². The van der Waals surface area contributed by atoms with Gasteiger partial charge >= 0.3 is 0 Å². The minimum atomic E-state index is 0.571. The lowest BCUT2D eigenvalue weighted by Gasteiger charge is -2.08. The van der Waals surface area contributed by atoms with E-state index in [1.54, 1.807) is 0 Å². The molecule has 0 amide bonds. The Morgan fingerprint density at radius 2 is 1.88 bits per heavy atom. The van der Waals surface area contributed by atoms with Crippen molar-refractivity contribution in [2.75, 3.05) is 0 Å². The van der Waals surface area contributed by atoms with E-state index in [1.807, 2.05) is 6.20 Å². The van der Waals surface area contributed by atoms with Crippen LogP contribution in [-0.2, 0) is 13.5 Å². The second kappa shape index (κ2) is 6.07. The highest BCUT2D eigenvalue weighted by molar-refractivity contribution is 5.08. The molecule has 0 aliphatic carbocycles. The van der Waals surface area contributed by atoms with Crippen molar-refractivity contribution < 1.29 is 0 Å². The number of nitrogens with zero attached hydrogens (tertiary/aromatic N) is 2. The van der Waals surface area contributed by atoms with E-state index >= 15 is 0 Å². The monoisotopic (exact) mass is 222 g/mol. The molecule has 0 radical (unpaired) electrons. The average Bonchev–Trinajstić information content (AvgIpc) is 2.54. The first-order valence-corrected chi connectivity index (χ1v) is 6.52. The number of aromatic nitrogens is 2. The molecule has 1 aromatic heterocycles. The molecule has 92 valence electrons. The van der Waals surface area contributed by atoms with Crippen LogP contribution in [0.1, 0.15) is 64.4 Å². The first-order valence-electron chi connectivity index (χ1n) is 6.52. The number of hydrogen-bond donors (Lipinski definition) is 0. The van der Waals surface area contributed by atoms with Gasteiger partial charge in [0.15, 0.2) is 0 Å². The maximum atomic E-state index is 4.52. The van der Waals surface area contributed by atoms with E-state index in [2.05, 4.69) is 44.3 Å². The Hall–Kier alpha value is -0.790. The summed E-state index contributed by atoms with van der Waals surface area (Å²) in [7, 11) is 2.14. The van der Waals surface area contributed by atoms with Gasteiger partial charge in [0.1, 0.15) is 5.82 Å². The Morgan fingerprint density at radius 3 is 2.38 bits per heavy atom. The zero-order valence-electron chi connectivity index (χ0n) is 11.5. The van der Waals surface area contributed by atoms with Crippen molar-refractivity contribution >= 4 is 0 Å². The Morgan fingerprint density at radius 1 is 1.19 bits per heavy atom. The first kappa shape index (κ1) is 13.3. The summed E-state index contributed by atoms with van der Waals surface area (Å²) in [4.78, 5) is 4.52. The molecule has 0 aliphatic heterocycles. The molecule has 0 fully saturated rings. The molecule has 0 bridgehead atoms. The molecule has 1 aromatic rings. The Labute approximate surface area is 100 Å². The summed E-state index contributed by atoms with van der Waals surface area (Å²) in [5.41, 5.74) is 1.35. The summed E-state index contributed by atoms with van der Waals surface area (Å²) in [6.07, 6.45) is 7.07. The molecule has 0 atom stereocenters. The molecular weight excluding hydrogens is 196 g/mol. The van der Waals surface area contributed by atoms with Crippen molar-refractivity contribution in [1.29, 1.82) is 0 Å². The van der Waals surface area contributed by atoms with Crippen molar-refractivity contribution in [3.8, 4) is 0 Å². The summed E-state index contributed by atoms with van der Waals surface area (Å²) in [5, 5.41) is 0. The fourth-order valence-electron chi connectivity index (χ4n) is 2.07. The lowest BCUT2D eigenvalue weighted by atomic mass is 10.1. The lowest BCUT2D eigenvalue weighted by Crippen LogP contribution is -2.03. The molecule has 0 saturated heterocycles. The van der Waals surface area contributed by atoms with E-state index in [0.717, 1.165) is 12.3 Å². The molecule has 0 unspecified atom stereocenters. The fourth-order valence-corrected chi connectivity index (χ4v) is 2.07. The number of hydrogen-bond acceptors (Lipinski definition) is 1. The van der Waals surface area contributed by atoms with Crippen LogP contribution in [-0.4, -0.2) is 9.55 Å². The van der Waals surface area contributed by atoms with Crippen LogP contribution in [0.25, 0.3) is 0 Å². The zero-order chi connectivity index (χ0) is 12.1. The third-order valence-electron chi connectivity index (χ3n) is 3.14. The van der Waals surface area contributed by atoms with Crippen LogP contribution >= 0.6 is 0 Å². The van der Waals surface area contributed by atoms with Crippen LogP contribution in [0.2, 0.25) is 0 Å². The Balaban J connectivity index is 2.43. The minimum Gasteiger partial charge on any atom is -0.335 e. The third-order valence-corrected chi connectivity index (χ3v) is 3.14. The molecule has 0 spiro atoms. The lowest BCUT2D eigenvalue weighted by molar-refractivity contribution is 0.530. The maximum Gasteiger partial charge on any atom is 0.108 e. The van der Waals surface area contributed by atoms with Gasteiger partial charge < -0.3 is 4.57 Å². The second-order valence-corrected chi connectivity index (χ2v) is 5.45. The van der Waals surface area contributed by atoms with Gasteiger partial charge in [-0.25, -0.2) is 4.98 Å². The smallest absolute Gasteiger partial charge is 0.108 e. The van der Waals surface area contributed by atoms with E-state index in [1.165, 1.54) is 30.8 Å². The zero-order valence-corrected chi connectivity index (χ0v) is 11.5. The van der Waals surface area contributed by atoms with E-state index in [-0.39, 0.29) is 0 Å². The van der Waals surface area contributed by atoms with Gasteiger partial charge in [-0.05, 0) is 18.3 Å². The van der Waals surface area contributed by atoms with Crippen LogP contribution in [0.3, 0.4) is 0 Å². The van der Waals surface area contributed by atoms with Gasteiger partial charge in [0.05, 0.1) is 0 Å². The normalized spacial score (nSPS) is 11.7. The topological polar surface area (TPSA) is 17.8 Å². The molecule has 0 aliphatic rings. The highest BCUT2D eigenvalue weighted by Crippen LogP contribution is 2.16. The van der Waals surface area contributed by atoms with Crippen LogP contribution in [0, 0.1) is 5.92 Å². The minimum absolute atomic E-state index is 0.571. The fraction of sp³-hybridized carbons (Fsp3) is 0.786. The largest absolute Gasteiger partial charge is 0.335 e. The predicted molar refractivity (Wildman–Crippen MR) is 69.7 cm³/mol. The molecule has 1 heterocycles. The first-order chi connectivity index (χ1) is 7.52. The average molecular weight is 222 g/mol. The number of aryl methyl sites for hydroxylation is 1. The van der Waals surface area contributed by atoms with Crippen LogP contribution in [0.15, 0.2) is 6.20 Å². The van der Waals surface area contributed by atoms with Crippen LogP contribution in [0.4, 0.5) is 0 Å². The van der Waals surface area contributed by atoms with Crippen molar-refractivity contribution in [1.82, 2.24) is 9.55 Å². The molecule has 0 aromatic carbocycles. The van der Waals surface area contributed by atoms with Gasteiger partial charge in [0.25, 0.3) is 0 Å². The van der Waals surface area contributed by atoms with E-state index < -0.39 is 0 Å².